The second kappa shape index (κ2) is 7.05. The van der Waals surface area contributed by atoms with E-state index in [1.54, 1.807) is 0 Å². The van der Waals surface area contributed by atoms with Crippen molar-refractivity contribution in [3.8, 4) is 6.07 Å². The molecule has 0 saturated heterocycles. The quantitative estimate of drug-likeness (QED) is 0.690. The zero-order valence-corrected chi connectivity index (χ0v) is 10.0. The molecular weight excluding hydrogens is 218 g/mol. The summed E-state index contributed by atoms with van der Waals surface area (Å²) in [6.07, 6.45) is 5.78. The topological polar surface area (TPSA) is 78.2 Å². The molecule has 0 bridgehead atoms. The molecule has 0 aromatic carbocycles. The zero-order valence-electron chi connectivity index (χ0n) is 10.0. The standard InChI is InChI=1S/C13H19NO3/c14-9-10-7-8-12(15)11(10)5-3-1-2-4-6-13(16)17/h10-11H,1-8H2,(H,16,17). The highest BCUT2D eigenvalue weighted by Crippen LogP contribution is 2.32. The lowest BCUT2D eigenvalue weighted by Gasteiger charge is -2.11. The van der Waals surface area contributed by atoms with E-state index >= 15 is 0 Å². The number of aliphatic carboxylic acids is 1. The molecule has 94 valence electrons. The molecule has 0 aromatic rings. The number of unbranched alkanes of at least 4 members (excludes halogenated alkanes) is 3. The van der Waals surface area contributed by atoms with Crippen LogP contribution in [-0.2, 0) is 9.59 Å². The van der Waals surface area contributed by atoms with Gasteiger partial charge >= 0.3 is 5.97 Å². The van der Waals surface area contributed by atoms with Crippen LogP contribution in [-0.4, -0.2) is 16.9 Å². The van der Waals surface area contributed by atoms with Crippen molar-refractivity contribution in [1.29, 1.82) is 5.26 Å². The van der Waals surface area contributed by atoms with Crippen molar-refractivity contribution >= 4 is 11.8 Å². The summed E-state index contributed by atoms with van der Waals surface area (Å²) in [5, 5.41) is 17.4. The Balaban J connectivity index is 2.12. The molecule has 0 spiro atoms. The van der Waals surface area contributed by atoms with Crippen molar-refractivity contribution in [2.75, 3.05) is 0 Å². The minimum Gasteiger partial charge on any atom is -0.481 e. The Morgan fingerprint density at radius 2 is 2.06 bits per heavy atom. The van der Waals surface area contributed by atoms with Crippen molar-refractivity contribution in [3.05, 3.63) is 0 Å². The van der Waals surface area contributed by atoms with Crippen LogP contribution in [0, 0.1) is 23.2 Å². The number of rotatable bonds is 7. The molecule has 0 radical (unpaired) electrons. The number of Topliss-reactive ketones (excluding diaryl/α,β-unsaturated/α-hetero) is 1. The van der Waals surface area contributed by atoms with Gasteiger partial charge in [-0.05, 0) is 19.3 Å². The van der Waals surface area contributed by atoms with E-state index in [4.69, 9.17) is 10.4 Å². The number of hydrogen-bond acceptors (Lipinski definition) is 3. The molecule has 17 heavy (non-hydrogen) atoms. The van der Waals surface area contributed by atoms with Crippen molar-refractivity contribution in [3.63, 3.8) is 0 Å². The number of carbonyl (C=O) groups excluding carboxylic acids is 1. The first-order valence-corrected chi connectivity index (χ1v) is 6.29. The zero-order chi connectivity index (χ0) is 12.7. The molecule has 0 amide bonds. The van der Waals surface area contributed by atoms with E-state index < -0.39 is 5.97 Å². The van der Waals surface area contributed by atoms with Crippen LogP contribution < -0.4 is 0 Å². The Morgan fingerprint density at radius 1 is 1.35 bits per heavy atom. The largest absolute Gasteiger partial charge is 0.481 e. The van der Waals surface area contributed by atoms with E-state index in [-0.39, 0.29) is 24.0 Å². The number of nitriles is 1. The first kappa shape index (κ1) is 13.7. The monoisotopic (exact) mass is 237 g/mol. The molecule has 1 rings (SSSR count). The van der Waals surface area contributed by atoms with Gasteiger partial charge in [0.25, 0.3) is 0 Å². The van der Waals surface area contributed by atoms with Crippen LogP contribution in [0.1, 0.15) is 51.4 Å². The summed E-state index contributed by atoms with van der Waals surface area (Å²) in [5.74, 6) is -0.649. The van der Waals surface area contributed by atoms with Gasteiger partial charge in [-0.1, -0.05) is 19.3 Å². The lowest BCUT2D eigenvalue weighted by Crippen LogP contribution is -2.13. The van der Waals surface area contributed by atoms with Gasteiger partial charge in [-0.25, -0.2) is 0 Å². The summed E-state index contributed by atoms with van der Waals surface area (Å²) in [7, 11) is 0. The summed E-state index contributed by atoms with van der Waals surface area (Å²) in [5.41, 5.74) is 0. The Hall–Kier alpha value is -1.37. The highest BCUT2D eigenvalue weighted by Gasteiger charge is 2.33. The first-order valence-electron chi connectivity index (χ1n) is 6.29. The van der Waals surface area contributed by atoms with Crippen molar-refractivity contribution in [2.45, 2.75) is 51.4 Å². The Bertz CT molecular complexity index is 319. The second-order valence-corrected chi connectivity index (χ2v) is 4.69. The minimum absolute atomic E-state index is 0.0560. The number of ketones is 1. The highest BCUT2D eigenvalue weighted by atomic mass is 16.4. The summed E-state index contributed by atoms with van der Waals surface area (Å²) >= 11 is 0. The third-order valence-corrected chi connectivity index (χ3v) is 3.42. The van der Waals surface area contributed by atoms with E-state index in [9.17, 15) is 9.59 Å². The molecule has 4 heteroatoms. The molecule has 1 aliphatic carbocycles. The molecule has 2 unspecified atom stereocenters. The van der Waals surface area contributed by atoms with Gasteiger partial charge in [0.1, 0.15) is 5.78 Å². The normalized spacial score (nSPS) is 23.6. The number of nitrogens with zero attached hydrogens (tertiary/aromatic N) is 1. The summed E-state index contributed by atoms with van der Waals surface area (Å²) in [6, 6.07) is 2.21. The fraction of sp³-hybridized carbons (Fsp3) is 0.769. The number of carbonyl (C=O) groups is 2. The molecule has 0 aromatic heterocycles. The van der Waals surface area contributed by atoms with Crippen LogP contribution in [0.4, 0.5) is 0 Å². The first-order chi connectivity index (χ1) is 8.15. The van der Waals surface area contributed by atoms with Gasteiger partial charge in [-0.15, -0.1) is 0 Å². The Kier molecular flexibility index (Phi) is 5.68. The molecule has 1 aliphatic rings. The van der Waals surface area contributed by atoms with Crippen LogP contribution in [0.2, 0.25) is 0 Å². The average molecular weight is 237 g/mol. The molecule has 1 N–H and O–H groups in total. The number of hydrogen-bond donors (Lipinski definition) is 1. The summed E-state index contributed by atoms with van der Waals surface area (Å²) < 4.78 is 0. The van der Waals surface area contributed by atoms with Crippen LogP contribution in [0.25, 0.3) is 0 Å². The van der Waals surface area contributed by atoms with Gasteiger partial charge in [0.15, 0.2) is 0 Å². The van der Waals surface area contributed by atoms with Crippen LogP contribution in [0.5, 0.6) is 0 Å². The Labute approximate surface area is 102 Å². The Morgan fingerprint density at radius 3 is 2.71 bits per heavy atom. The average Bonchev–Trinajstić information content (AvgIpc) is 2.64. The SMILES string of the molecule is N#CC1CCC(=O)C1CCCCCCC(=O)O. The maximum atomic E-state index is 11.5. The molecule has 0 heterocycles. The van der Waals surface area contributed by atoms with Crippen LogP contribution in [0.15, 0.2) is 0 Å². The highest BCUT2D eigenvalue weighted by molar-refractivity contribution is 5.83. The number of carboxylic acids is 1. The van der Waals surface area contributed by atoms with E-state index in [1.807, 2.05) is 0 Å². The fourth-order valence-corrected chi connectivity index (χ4v) is 2.42. The van der Waals surface area contributed by atoms with Gasteiger partial charge in [0, 0.05) is 18.8 Å². The molecule has 2 atom stereocenters. The smallest absolute Gasteiger partial charge is 0.303 e. The van der Waals surface area contributed by atoms with E-state index in [0.29, 0.717) is 12.8 Å². The van der Waals surface area contributed by atoms with Crippen LogP contribution >= 0.6 is 0 Å². The molecule has 0 aliphatic heterocycles. The van der Waals surface area contributed by atoms with E-state index in [2.05, 4.69) is 6.07 Å². The molecule has 1 fully saturated rings. The lowest BCUT2D eigenvalue weighted by atomic mass is 9.91. The minimum atomic E-state index is -0.750. The van der Waals surface area contributed by atoms with Crippen molar-refractivity contribution < 1.29 is 14.7 Å². The predicted molar refractivity (Wildman–Crippen MR) is 62.2 cm³/mol. The van der Waals surface area contributed by atoms with Gasteiger partial charge in [0.05, 0.1) is 12.0 Å². The van der Waals surface area contributed by atoms with E-state index in [1.165, 1.54) is 0 Å². The molecule has 1 saturated carbocycles. The maximum Gasteiger partial charge on any atom is 0.303 e. The maximum absolute atomic E-state index is 11.5. The summed E-state index contributed by atoms with van der Waals surface area (Å²) in [4.78, 5) is 21.8. The molecule has 4 nitrogen and oxygen atoms in total. The second-order valence-electron chi connectivity index (χ2n) is 4.69. The van der Waals surface area contributed by atoms with Gasteiger partial charge < -0.3 is 5.11 Å². The van der Waals surface area contributed by atoms with E-state index in [0.717, 1.165) is 32.1 Å². The predicted octanol–water partition coefficient (Wildman–Crippen LogP) is 2.53. The lowest BCUT2D eigenvalue weighted by molar-refractivity contribution is -0.137. The van der Waals surface area contributed by atoms with Gasteiger partial charge in [0.2, 0.25) is 0 Å². The van der Waals surface area contributed by atoms with Crippen molar-refractivity contribution in [1.82, 2.24) is 0 Å². The summed E-state index contributed by atoms with van der Waals surface area (Å²) in [6.45, 7) is 0. The third kappa shape index (κ3) is 4.56. The van der Waals surface area contributed by atoms with Crippen molar-refractivity contribution in [2.24, 2.45) is 11.8 Å². The van der Waals surface area contributed by atoms with Crippen LogP contribution in [0.3, 0.4) is 0 Å². The van der Waals surface area contributed by atoms with Gasteiger partial charge in [-0.2, -0.15) is 5.26 Å². The third-order valence-electron chi connectivity index (χ3n) is 3.42. The fourth-order valence-electron chi connectivity index (χ4n) is 2.42. The van der Waals surface area contributed by atoms with Gasteiger partial charge in [-0.3, -0.25) is 9.59 Å². The number of carboxylic acid groups (broad SMARTS) is 1. The molecular formula is C13H19NO3.